The van der Waals surface area contributed by atoms with Crippen molar-refractivity contribution in [2.75, 3.05) is 47.5 Å². The van der Waals surface area contributed by atoms with Gasteiger partial charge in [-0.2, -0.15) is 0 Å². The van der Waals surface area contributed by atoms with Crippen LogP contribution in [-0.2, 0) is 33.3 Å². The van der Waals surface area contributed by atoms with Gasteiger partial charge in [0, 0.05) is 12.8 Å². The van der Waals surface area contributed by atoms with Crippen LogP contribution in [0.5, 0.6) is 0 Å². The molecule has 0 saturated carbocycles. The van der Waals surface area contributed by atoms with Crippen molar-refractivity contribution in [2.45, 2.75) is 257 Å². The molecule has 2 atom stereocenters. The maximum absolute atomic E-state index is 12.8. The van der Waals surface area contributed by atoms with E-state index in [1.807, 2.05) is 21.1 Å². The zero-order valence-electron chi connectivity index (χ0n) is 42.0. The molecule has 0 bridgehead atoms. The third-order valence-corrected chi connectivity index (χ3v) is 11.7. The number of quaternary nitrogens is 1. The van der Waals surface area contributed by atoms with Crippen LogP contribution in [-0.4, -0.2) is 82.3 Å². The number of unbranched alkanes of at least 4 members (excludes halogenated alkanes) is 30. The Morgan fingerprint density at radius 3 is 1.25 bits per heavy atom. The zero-order valence-corrected chi connectivity index (χ0v) is 42.0. The van der Waals surface area contributed by atoms with Crippen LogP contribution in [0.3, 0.4) is 0 Å². The van der Waals surface area contributed by atoms with Gasteiger partial charge in [-0.15, -0.1) is 0 Å². The molecular formula is C54H101NO8. The summed E-state index contributed by atoms with van der Waals surface area (Å²) in [5, 5.41) is 11.7. The Balaban J connectivity index is 4.16. The molecule has 9 heteroatoms. The molecule has 0 saturated heterocycles. The molecule has 0 spiro atoms. The molecule has 0 aromatic rings. The number of nitrogens with zero attached hydrogens (tertiary/aromatic N) is 1. The molecule has 63 heavy (non-hydrogen) atoms. The summed E-state index contributed by atoms with van der Waals surface area (Å²) >= 11 is 0. The molecule has 0 aromatic heterocycles. The van der Waals surface area contributed by atoms with Gasteiger partial charge in [0.2, 0.25) is 0 Å². The lowest BCUT2D eigenvalue weighted by molar-refractivity contribution is -0.870. The number of allylic oxidation sites excluding steroid dienone is 4. The van der Waals surface area contributed by atoms with E-state index < -0.39 is 24.3 Å². The highest BCUT2D eigenvalue weighted by Crippen LogP contribution is 2.16. The summed E-state index contributed by atoms with van der Waals surface area (Å²) in [6.07, 6.45) is 49.4. The summed E-state index contributed by atoms with van der Waals surface area (Å²) < 4.78 is 22.6. The minimum atomic E-state index is -1.62. The first-order chi connectivity index (χ1) is 30.6. The largest absolute Gasteiger partial charge is 0.545 e. The molecule has 0 aromatic carbocycles. The van der Waals surface area contributed by atoms with Crippen molar-refractivity contribution in [3.63, 3.8) is 0 Å². The lowest BCUT2D eigenvalue weighted by atomic mass is 10.0. The van der Waals surface area contributed by atoms with Crippen molar-refractivity contribution in [2.24, 2.45) is 0 Å². The smallest absolute Gasteiger partial charge is 0.306 e. The van der Waals surface area contributed by atoms with Gasteiger partial charge in [-0.1, -0.05) is 212 Å². The van der Waals surface area contributed by atoms with Gasteiger partial charge in [-0.25, -0.2) is 0 Å². The van der Waals surface area contributed by atoms with Crippen LogP contribution in [0.1, 0.15) is 245 Å². The normalized spacial score (nSPS) is 13.0. The van der Waals surface area contributed by atoms with Crippen LogP contribution < -0.4 is 5.11 Å². The number of carbonyl (C=O) groups is 3. The fourth-order valence-electron chi connectivity index (χ4n) is 7.57. The maximum Gasteiger partial charge on any atom is 0.306 e. The fraction of sp³-hybridized carbons (Fsp3) is 0.870. The maximum atomic E-state index is 12.8. The number of carbonyl (C=O) groups excluding carboxylic acids is 3. The molecule has 0 fully saturated rings. The highest BCUT2D eigenvalue weighted by molar-refractivity contribution is 5.70. The molecule has 0 amide bonds. The highest BCUT2D eigenvalue weighted by Gasteiger charge is 2.22. The molecule has 9 nitrogen and oxygen atoms in total. The summed E-state index contributed by atoms with van der Waals surface area (Å²) in [5.74, 6) is -2.27. The summed E-state index contributed by atoms with van der Waals surface area (Å²) in [5.41, 5.74) is 0. The van der Waals surface area contributed by atoms with Gasteiger partial charge in [0.15, 0.2) is 12.4 Å². The lowest BCUT2D eigenvalue weighted by Gasteiger charge is -2.26. The number of esters is 2. The van der Waals surface area contributed by atoms with Crippen molar-refractivity contribution in [1.29, 1.82) is 0 Å². The molecule has 370 valence electrons. The minimum Gasteiger partial charge on any atom is -0.545 e. The zero-order chi connectivity index (χ0) is 46.3. The molecule has 0 aliphatic heterocycles. The SMILES string of the molecule is CCCCCCC/C=C\C/C=C\CCCCCCCCCCCCCCCCCC(=O)OC(COC(=O)CCCCCCCCCCCCC)COC(OCC[N+](C)(C)C)C(=O)[O-]. The third-order valence-electron chi connectivity index (χ3n) is 11.7. The Kier molecular flexibility index (Phi) is 44.7. The number of carboxylic acids is 1. The van der Waals surface area contributed by atoms with Crippen molar-refractivity contribution >= 4 is 17.9 Å². The Labute approximate surface area is 388 Å². The second-order valence-corrected chi connectivity index (χ2v) is 19.2. The number of ether oxygens (including phenoxy) is 4. The van der Waals surface area contributed by atoms with Crippen molar-refractivity contribution in [3.8, 4) is 0 Å². The summed E-state index contributed by atoms with van der Waals surface area (Å²) in [7, 11) is 5.92. The van der Waals surface area contributed by atoms with Crippen LogP contribution in [0.2, 0.25) is 0 Å². The highest BCUT2D eigenvalue weighted by atomic mass is 16.7. The first-order valence-electron chi connectivity index (χ1n) is 26.5. The van der Waals surface area contributed by atoms with E-state index in [1.165, 1.54) is 173 Å². The monoisotopic (exact) mass is 892 g/mol. The lowest BCUT2D eigenvalue weighted by Crippen LogP contribution is -2.44. The van der Waals surface area contributed by atoms with Gasteiger partial charge in [-0.3, -0.25) is 9.59 Å². The summed E-state index contributed by atoms with van der Waals surface area (Å²) in [6.45, 7) is 4.75. The van der Waals surface area contributed by atoms with E-state index in [4.69, 9.17) is 18.9 Å². The molecule has 0 radical (unpaired) electrons. The quantitative estimate of drug-likeness (QED) is 0.0195. The molecule has 2 unspecified atom stereocenters. The van der Waals surface area contributed by atoms with Crippen LogP contribution in [0, 0.1) is 0 Å². The molecule has 0 N–H and O–H groups in total. The average molecular weight is 892 g/mol. The molecule has 0 aliphatic carbocycles. The topological polar surface area (TPSA) is 111 Å². The van der Waals surface area contributed by atoms with Gasteiger partial charge in [0.25, 0.3) is 0 Å². The van der Waals surface area contributed by atoms with E-state index >= 15 is 0 Å². The number of rotatable bonds is 49. The third kappa shape index (κ3) is 47.5. The second-order valence-electron chi connectivity index (χ2n) is 19.2. The minimum absolute atomic E-state index is 0.150. The van der Waals surface area contributed by atoms with E-state index in [9.17, 15) is 19.5 Å². The van der Waals surface area contributed by atoms with E-state index in [-0.39, 0.29) is 32.2 Å². The Hall–Kier alpha value is -2.23. The summed E-state index contributed by atoms with van der Waals surface area (Å²) in [4.78, 5) is 37.1. The van der Waals surface area contributed by atoms with Crippen LogP contribution >= 0.6 is 0 Å². The van der Waals surface area contributed by atoms with Gasteiger partial charge in [0.1, 0.15) is 13.2 Å². The van der Waals surface area contributed by atoms with Crippen LogP contribution in [0.25, 0.3) is 0 Å². The van der Waals surface area contributed by atoms with Gasteiger partial charge in [-0.05, 0) is 44.9 Å². The van der Waals surface area contributed by atoms with E-state index in [0.29, 0.717) is 23.9 Å². The molecule has 0 heterocycles. The summed E-state index contributed by atoms with van der Waals surface area (Å²) in [6, 6.07) is 0. The number of carboxylic acid groups (broad SMARTS) is 1. The van der Waals surface area contributed by atoms with Crippen molar-refractivity contribution in [1.82, 2.24) is 0 Å². The standard InChI is InChI=1S/C54H101NO8/c1-6-8-10-12-14-16-18-19-20-21-22-23-24-25-26-27-28-29-30-31-32-33-35-37-39-41-43-45-52(57)63-50(49-62-54(53(58)59)60-47-46-55(3,4)5)48-61-51(56)44-42-40-38-36-34-17-15-13-11-9-7-2/h18-19,21-22,50,54H,6-17,20,23-49H2,1-5H3/b19-18-,22-21-. The van der Waals surface area contributed by atoms with E-state index in [2.05, 4.69) is 38.2 Å². The van der Waals surface area contributed by atoms with Crippen molar-refractivity contribution in [3.05, 3.63) is 24.3 Å². The fourth-order valence-corrected chi connectivity index (χ4v) is 7.57. The first kappa shape index (κ1) is 60.8. The predicted octanol–water partition coefficient (Wildman–Crippen LogP) is 13.5. The van der Waals surface area contributed by atoms with E-state index in [0.717, 1.165) is 38.5 Å². The van der Waals surface area contributed by atoms with Crippen molar-refractivity contribution < 1.29 is 42.9 Å². The van der Waals surface area contributed by atoms with E-state index in [1.54, 1.807) is 0 Å². The van der Waals surface area contributed by atoms with Gasteiger partial charge >= 0.3 is 11.9 Å². The predicted molar refractivity (Wildman–Crippen MR) is 260 cm³/mol. The van der Waals surface area contributed by atoms with Crippen LogP contribution in [0.4, 0.5) is 0 Å². The number of aliphatic carboxylic acids is 1. The Bertz CT molecular complexity index is 1090. The number of likely N-dealkylation sites (N-methyl/N-ethyl adjacent to an activating group) is 1. The average Bonchev–Trinajstić information content (AvgIpc) is 3.24. The van der Waals surface area contributed by atoms with Gasteiger partial charge in [0.05, 0.1) is 40.3 Å². The first-order valence-corrected chi connectivity index (χ1v) is 26.5. The molecule has 0 aliphatic rings. The number of hydrogen-bond acceptors (Lipinski definition) is 8. The second kappa shape index (κ2) is 46.3. The molecule has 0 rings (SSSR count). The number of hydrogen-bond donors (Lipinski definition) is 0. The van der Waals surface area contributed by atoms with Crippen LogP contribution in [0.15, 0.2) is 24.3 Å². The Morgan fingerprint density at radius 2 is 0.857 bits per heavy atom. The van der Waals surface area contributed by atoms with Gasteiger partial charge < -0.3 is 33.3 Å². The Morgan fingerprint density at radius 1 is 0.476 bits per heavy atom. The molecular weight excluding hydrogens is 791 g/mol.